The summed E-state index contributed by atoms with van der Waals surface area (Å²) in [6.07, 6.45) is 1.67. The number of rotatable bonds is 6. The van der Waals surface area contributed by atoms with Crippen LogP contribution in [0.25, 0.3) is 11.5 Å². The highest BCUT2D eigenvalue weighted by atomic mass is 35.5. The summed E-state index contributed by atoms with van der Waals surface area (Å²) in [7, 11) is -3.63. The zero-order valence-corrected chi connectivity index (χ0v) is 16.2. The van der Waals surface area contributed by atoms with E-state index in [4.69, 9.17) is 16.0 Å². The molecule has 1 fully saturated rings. The van der Waals surface area contributed by atoms with Gasteiger partial charge in [0.05, 0.1) is 11.4 Å². The summed E-state index contributed by atoms with van der Waals surface area (Å²) in [4.78, 5) is 0.275. The molecule has 1 saturated carbocycles. The van der Waals surface area contributed by atoms with E-state index in [-0.39, 0.29) is 23.4 Å². The van der Waals surface area contributed by atoms with Gasteiger partial charge in [0.25, 0.3) is 0 Å². The second kappa shape index (κ2) is 7.07. The average Bonchev–Trinajstić information content (AvgIpc) is 3.38. The third kappa shape index (κ3) is 3.90. The van der Waals surface area contributed by atoms with Crippen molar-refractivity contribution in [1.82, 2.24) is 14.5 Å². The van der Waals surface area contributed by atoms with Crippen LogP contribution >= 0.6 is 11.6 Å². The molecule has 1 aliphatic carbocycles. The van der Waals surface area contributed by atoms with Crippen LogP contribution in [0.1, 0.15) is 24.3 Å². The van der Waals surface area contributed by atoms with Crippen LogP contribution in [0.3, 0.4) is 0 Å². The van der Waals surface area contributed by atoms with E-state index in [9.17, 15) is 8.42 Å². The molecule has 0 N–H and O–H groups in total. The molecule has 0 unspecified atom stereocenters. The van der Waals surface area contributed by atoms with Gasteiger partial charge in [-0.3, -0.25) is 0 Å². The maximum Gasteiger partial charge on any atom is 0.247 e. The smallest absolute Gasteiger partial charge is 0.247 e. The van der Waals surface area contributed by atoms with Gasteiger partial charge in [0.15, 0.2) is 0 Å². The number of benzene rings is 2. The highest BCUT2D eigenvalue weighted by molar-refractivity contribution is 7.89. The van der Waals surface area contributed by atoms with E-state index in [1.807, 2.05) is 6.92 Å². The van der Waals surface area contributed by atoms with Gasteiger partial charge in [-0.25, -0.2) is 8.42 Å². The molecule has 3 aromatic rings. The summed E-state index contributed by atoms with van der Waals surface area (Å²) in [6.45, 7) is 1.98. The van der Waals surface area contributed by atoms with Crippen LogP contribution in [0, 0.1) is 6.92 Å². The van der Waals surface area contributed by atoms with E-state index >= 15 is 0 Å². The van der Waals surface area contributed by atoms with Crippen molar-refractivity contribution >= 4 is 21.6 Å². The van der Waals surface area contributed by atoms with Gasteiger partial charge < -0.3 is 4.42 Å². The minimum absolute atomic E-state index is 0.0258. The van der Waals surface area contributed by atoms with Crippen LogP contribution in [0.5, 0.6) is 0 Å². The Balaban J connectivity index is 1.59. The van der Waals surface area contributed by atoms with Crippen molar-refractivity contribution in [1.29, 1.82) is 0 Å². The number of hydrogen-bond acceptors (Lipinski definition) is 5. The predicted molar refractivity (Wildman–Crippen MR) is 102 cm³/mol. The molecule has 0 aliphatic heterocycles. The molecule has 0 spiro atoms. The van der Waals surface area contributed by atoms with Gasteiger partial charge in [0, 0.05) is 16.6 Å². The van der Waals surface area contributed by atoms with Crippen LogP contribution in [0.2, 0.25) is 5.02 Å². The van der Waals surface area contributed by atoms with Crippen molar-refractivity contribution < 1.29 is 12.8 Å². The lowest BCUT2D eigenvalue weighted by Gasteiger charge is -2.20. The summed E-state index contributed by atoms with van der Waals surface area (Å²) in [5.41, 5.74) is 1.74. The third-order valence-corrected chi connectivity index (χ3v) is 6.60. The Kier molecular flexibility index (Phi) is 4.75. The summed E-state index contributed by atoms with van der Waals surface area (Å²) in [6, 6.07) is 13.9. The Labute approximate surface area is 162 Å². The topological polar surface area (TPSA) is 76.3 Å². The molecule has 1 aromatic heterocycles. The fourth-order valence-electron chi connectivity index (χ4n) is 2.78. The van der Waals surface area contributed by atoms with Crippen LogP contribution in [0.4, 0.5) is 0 Å². The van der Waals surface area contributed by atoms with Crippen LogP contribution in [-0.2, 0) is 16.6 Å². The SMILES string of the molecule is Cc1ccc(S(=O)(=O)N(Cc2nnc(-c3ccc(Cl)cc3)o2)C2CC2)cc1. The van der Waals surface area contributed by atoms with Gasteiger partial charge in [0.1, 0.15) is 0 Å². The molecule has 0 amide bonds. The van der Waals surface area contributed by atoms with E-state index in [1.54, 1.807) is 48.5 Å². The summed E-state index contributed by atoms with van der Waals surface area (Å²) in [5.74, 6) is 0.604. The monoisotopic (exact) mass is 403 g/mol. The molecule has 8 heteroatoms. The number of nitrogens with zero attached hydrogens (tertiary/aromatic N) is 3. The fourth-order valence-corrected chi connectivity index (χ4v) is 4.54. The zero-order chi connectivity index (χ0) is 19.0. The molecule has 1 heterocycles. The minimum atomic E-state index is -3.63. The molecule has 0 bridgehead atoms. The maximum absolute atomic E-state index is 13.1. The first-order chi connectivity index (χ1) is 12.9. The second-order valence-corrected chi connectivity index (χ2v) is 8.93. The number of aryl methyl sites for hydroxylation is 1. The molecule has 0 atom stereocenters. The quantitative estimate of drug-likeness (QED) is 0.620. The van der Waals surface area contributed by atoms with Gasteiger partial charge in [-0.1, -0.05) is 29.3 Å². The molecule has 4 rings (SSSR count). The van der Waals surface area contributed by atoms with E-state index in [0.717, 1.165) is 24.0 Å². The van der Waals surface area contributed by atoms with Crippen molar-refractivity contribution in [2.45, 2.75) is 37.2 Å². The molecule has 27 heavy (non-hydrogen) atoms. The van der Waals surface area contributed by atoms with Gasteiger partial charge in [0.2, 0.25) is 21.8 Å². The number of aromatic nitrogens is 2. The number of sulfonamides is 1. The highest BCUT2D eigenvalue weighted by Gasteiger charge is 2.39. The lowest BCUT2D eigenvalue weighted by atomic mass is 10.2. The Bertz CT molecular complexity index is 1040. The Morgan fingerprint density at radius 3 is 2.37 bits per heavy atom. The van der Waals surface area contributed by atoms with Crippen molar-refractivity contribution in [3.05, 3.63) is 65.0 Å². The van der Waals surface area contributed by atoms with Crippen molar-refractivity contribution in [3.63, 3.8) is 0 Å². The highest BCUT2D eigenvalue weighted by Crippen LogP contribution is 2.33. The van der Waals surface area contributed by atoms with Gasteiger partial charge in [-0.2, -0.15) is 4.31 Å². The molecule has 0 saturated heterocycles. The van der Waals surface area contributed by atoms with Gasteiger partial charge in [-0.15, -0.1) is 10.2 Å². The molecule has 2 aromatic carbocycles. The summed E-state index contributed by atoms with van der Waals surface area (Å²) >= 11 is 5.89. The first-order valence-corrected chi connectivity index (χ1v) is 10.4. The lowest BCUT2D eigenvalue weighted by Crippen LogP contribution is -2.32. The summed E-state index contributed by atoms with van der Waals surface area (Å²) in [5, 5.41) is 8.68. The molecular weight excluding hydrogens is 386 g/mol. The Morgan fingerprint density at radius 2 is 1.74 bits per heavy atom. The lowest BCUT2D eigenvalue weighted by molar-refractivity contribution is 0.351. The van der Waals surface area contributed by atoms with Crippen LogP contribution in [0.15, 0.2) is 57.8 Å². The number of halogens is 1. The molecule has 140 valence electrons. The largest absolute Gasteiger partial charge is 0.419 e. The van der Waals surface area contributed by atoms with Crippen molar-refractivity contribution in [3.8, 4) is 11.5 Å². The van der Waals surface area contributed by atoms with E-state index in [1.165, 1.54) is 4.31 Å². The average molecular weight is 404 g/mol. The van der Waals surface area contributed by atoms with Crippen molar-refractivity contribution in [2.24, 2.45) is 0 Å². The van der Waals surface area contributed by atoms with Crippen molar-refractivity contribution in [2.75, 3.05) is 0 Å². The molecule has 0 radical (unpaired) electrons. The predicted octanol–water partition coefficient (Wildman–Crippen LogP) is 4.05. The normalized spacial score (nSPS) is 14.6. The van der Waals surface area contributed by atoms with Gasteiger partial charge in [-0.05, 0) is 56.2 Å². The second-order valence-electron chi connectivity index (χ2n) is 6.60. The number of hydrogen-bond donors (Lipinski definition) is 0. The molecular formula is C19H18ClN3O3S. The van der Waals surface area contributed by atoms with E-state index in [0.29, 0.717) is 10.9 Å². The van der Waals surface area contributed by atoms with Gasteiger partial charge >= 0.3 is 0 Å². The maximum atomic E-state index is 13.1. The standard InChI is InChI=1S/C19H18ClN3O3S/c1-13-2-10-17(11-3-13)27(24,25)23(16-8-9-16)12-18-21-22-19(26-18)14-4-6-15(20)7-5-14/h2-7,10-11,16H,8-9,12H2,1H3. The van der Waals surface area contributed by atoms with Crippen LogP contribution < -0.4 is 0 Å². The molecule has 1 aliphatic rings. The summed E-state index contributed by atoms with van der Waals surface area (Å²) < 4.78 is 33.3. The van der Waals surface area contributed by atoms with E-state index in [2.05, 4.69) is 10.2 Å². The zero-order valence-electron chi connectivity index (χ0n) is 14.7. The first kappa shape index (κ1) is 18.2. The van der Waals surface area contributed by atoms with Crippen LogP contribution in [-0.4, -0.2) is 29.0 Å². The first-order valence-electron chi connectivity index (χ1n) is 8.60. The third-order valence-electron chi connectivity index (χ3n) is 4.43. The van der Waals surface area contributed by atoms with E-state index < -0.39 is 10.0 Å². The fraction of sp³-hybridized carbons (Fsp3) is 0.263. The molecule has 6 nitrogen and oxygen atoms in total. The Morgan fingerprint density at radius 1 is 1.07 bits per heavy atom. The Hall–Kier alpha value is -2.22. The minimum Gasteiger partial charge on any atom is -0.419 e.